The molecule has 11 heteroatoms. The number of aryl methyl sites for hydroxylation is 1. The number of carbonyl (C=O) groups excluding carboxylic acids is 2. The monoisotopic (exact) mass is 363 g/mol. The highest BCUT2D eigenvalue weighted by atomic mass is 32.2. The summed E-state index contributed by atoms with van der Waals surface area (Å²) < 4.78 is 40.1. The minimum Gasteiger partial charge on any atom is -0.455 e. The number of halogens is 3. The van der Waals surface area contributed by atoms with Gasteiger partial charge in [-0.1, -0.05) is 11.8 Å². The Morgan fingerprint density at radius 2 is 2.12 bits per heavy atom. The molecule has 0 aromatic carbocycles. The molecule has 0 saturated heterocycles. The Hall–Kier alpha value is -2.48. The standard InChI is InChI=1S/C13H12F3N3O4S/c1-7-2-9(20)19-12(8(7)3-17)24-5-11(22)23-4-10(21)18-6-13(14,15)16/h2H,4-6H2,1H3,(H,18,21)(H,19,20). The molecule has 2 N–H and O–H groups in total. The third-order valence-corrected chi connectivity index (χ3v) is 3.48. The van der Waals surface area contributed by atoms with E-state index in [4.69, 9.17) is 5.26 Å². The van der Waals surface area contributed by atoms with E-state index in [1.807, 2.05) is 6.07 Å². The number of hydrogen-bond donors (Lipinski definition) is 2. The maximum atomic E-state index is 11.9. The fraction of sp³-hybridized carbons (Fsp3) is 0.385. The van der Waals surface area contributed by atoms with Gasteiger partial charge in [-0.15, -0.1) is 0 Å². The molecule has 0 aliphatic carbocycles. The molecular weight excluding hydrogens is 351 g/mol. The number of amides is 1. The molecule has 0 saturated carbocycles. The Labute approximate surface area is 138 Å². The molecule has 1 rings (SSSR count). The summed E-state index contributed by atoms with van der Waals surface area (Å²) in [7, 11) is 0. The number of nitrogens with zero attached hydrogens (tertiary/aromatic N) is 1. The number of hydrogen-bond acceptors (Lipinski definition) is 6. The van der Waals surface area contributed by atoms with Crippen LogP contribution in [0.1, 0.15) is 11.1 Å². The second-order valence-corrected chi connectivity index (χ2v) is 5.46. The number of ether oxygens (including phenoxy) is 1. The summed E-state index contributed by atoms with van der Waals surface area (Å²) in [6, 6.07) is 3.11. The van der Waals surface area contributed by atoms with Crippen molar-refractivity contribution in [1.29, 1.82) is 5.26 Å². The van der Waals surface area contributed by atoms with Crippen molar-refractivity contribution < 1.29 is 27.5 Å². The van der Waals surface area contributed by atoms with Crippen molar-refractivity contribution >= 4 is 23.6 Å². The van der Waals surface area contributed by atoms with Gasteiger partial charge >= 0.3 is 12.1 Å². The molecule has 0 spiro atoms. The first-order valence-corrected chi connectivity index (χ1v) is 7.37. The van der Waals surface area contributed by atoms with E-state index in [1.54, 1.807) is 12.2 Å². The Bertz CT molecular complexity index is 725. The second-order valence-electron chi connectivity index (χ2n) is 4.47. The number of rotatable bonds is 6. The number of aromatic amines is 1. The van der Waals surface area contributed by atoms with Gasteiger partial charge in [-0.2, -0.15) is 18.4 Å². The van der Waals surface area contributed by atoms with E-state index in [9.17, 15) is 27.6 Å². The van der Waals surface area contributed by atoms with Gasteiger partial charge < -0.3 is 15.0 Å². The van der Waals surface area contributed by atoms with Gasteiger partial charge in [0, 0.05) is 6.07 Å². The van der Waals surface area contributed by atoms with E-state index in [-0.39, 0.29) is 16.3 Å². The first-order chi connectivity index (χ1) is 11.1. The highest BCUT2D eigenvalue weighted by molar-refractivity contribution is 7.99. The topological polar surface area (TPSA) is 112 Å². The van der Waals surface area contributed by atoms with Crippen LogP contribution in [0, 0.1) is 18.3 Å². The quantitative estimate of drug-likeness (QED) is 0.573. The maximum Gasteiger partial charge on any atom is 0.405 e. The van der Waals surface area contributed by atoms with Crippen LogP contribution in [-0.2, 0) is 14.3 Å². The molecule has 1 amide bonds. The zero-order chi connectivity index (χ0) is 18.3. The molecule has 0 fully saturated rings. The Morgan fingerprint density at radius 1 is 1.46 bits per heavy atom. The molecule has 130 valence electrons. The number of carbonyl (C=O) groups is 2. The number of esters is 1. The van der Waals surface area contributed by atoms with Gasteiger partial charge in [-0.05, 0) is 12.5 Å². The van der Waals surface area contributed by atoms with Gasteiger partial charge in [0.05, 0.1) is 16.3 Å². The Kier molecular flexibility index (Phi) is 6.84. The van der Waals surface area contributed by atoms with Crippen molar-refractivity contribution in [2.24, 2.45) is 0 Å². The highest BCUT2D eigenvalue weighted by Gasteiger charge is 2.27. The third kappa shape index (κ3) is 6.74. The normalized spacial score (nSPS) is 10.8. The molecule has 0 aliphatic heterocycles. The lowest BCUT2D eigenvalue weighted by Crippen LogP contribution is -2.36. The minimum atomic E-state index is -4.56. The molecule has 7 nitrogen and oxygen atoms in total. The molecule has 1 aromatic heterocycles. The van der Waals surface area contributed by atoms with E-state index < -0.39 is 36.8 Å². The van der Waals surface area contributed by atoms with Crippen molar-refractivity contribution in [2.75, 3.05) is 18.9 Å². The lowest BCUT2D eigenvalue weighted by Gasteiger charge is -2.09. The molecule has 0 aliphatic rings. The summed E-state index contributed by atoms with van der Waals surface area (Å²) in [4.78, 5) is 36.3. The largest absolute Gasteiger partial charge is 0.455 e. The lowest BCUT2D eigenvalue weighted by molar-refractivity contribution is -0.149. The summed E-state index contributed by atoms with van der Waals surface area (Å²) in [6.45, 7) is -0.819. The third-order valence-electron chi connectivity index (χ3n) is 2.50. The number of nitriles is 1. The van der Waals surface area contributed by atoms with Crippen LogP contribution in [0.3, 0.4) is 0 Å². The summed E-state index contributed by atoms with van der Waals surface area (Å²) >= 11 is 0.813. The highest BCUT2D eigenvalue weighted by Crippen LogP contribution is 2.20. The fourth-order valence-corrected chi connectivity index (χ4v) is 2.34. The zero-order valence-corrected chi connectivity index (χ0v) is 13.1. The van der Waals surface area contributed by atoms with E-state index in [2.05, 4.69) is 9.72 Å². The van der Waals surface area contributed by atoms with Crippen LogP contribution < -0.4 is 10.9 Å². The van der Waals surface area contributed by atoms with Crippen LogP contribution in [0.5, 0.6) is 0 Å². The van der Waals surface area contributed by atoms with Gasteiger partial charge in [-0.25, -0.2) is 0 Å². The molecule has 0 atom stereocenters. The summed E-state index contributed by atoms with van der Waals surface area (Å²) in [6.07, 6.45) is -4.56. The van der Waals surface area contributed by atoms with Gasteiger partial charge in [0.25, 0.3) is 5.91 Å². The first-order valence-electron chi connectivity index (χ1n) is 6.38. The number of pyridine rings is 1. The molecular formula is C13H12F3N3O4S. The molecule has 1 aromatic rings. The number of alkyl halides is 3. The van der Waals surface area contributed by atoms with Crippen LogP contribution in [0.4, 0.5) is 13.2 Å². The predicted molar refractivity (Wildman–Crippen MR) is 77.3 cm³/mol. The average Bonchev–Trinajstić information content (AvgIpc) is 2.47. The molecule has 1 heterocycles. The smallest absolute Gasteiger partial charge is 0.405 e. The number of nitrogens with one attached hydrogen (secondary N) is 2. The van der Waals surface area contributed by atoms with E-state index in [0.29, 0.717) is 5.56 Å². The Morgan fingerprint density at radius 3 is 2.71 bits per heavy atom. The van der Waals surface area contributed by atoms with Gasteiger partial charge in [0.1, 0.15) is 12.6 Å². The van der Waals surface area contributed by atoms with Gasteiger partial charge in [0.2, 0.25) is 5.56 Å². The van der Waals surface area contributed by atoms with Crippen LogP contribution in [-0.4, -0.2) is 41.9 Å². The summed E-state index contributed by atoms with van der Waals surface area (Å²) in [5.41, 5.74) is 0.174. The predicted octanol–water partition coefficient (Wildman–Crippen LogP) is 0.869. The van der Waals surface area contributed by atoms with Gasteiger partial charge in [-0.3, -0.25) is 14.4 Å². The molecule has 24 heavy (non-hydrogen) atoms. The SMILES string of the molecule is Cc1cc(=O)[nH]c(SCC(=O)OCC(=O)NCC(F)(F)F)c1C#N. The van der Waals surface area contributed by atoms with Crippen molar-refractivity contribution in [3.05, 3.63) is 27.5 Å². The summed E-state index contributed by atoms with van der Waals surface area (Å²) in [5, 5.41) is 10.7. The molecule has 0 bridgehead atoms. The van der Waals surface area contributed by atoms with Gasteiger partial charge in [0.15, 0.2) is 6.61 Å². The Balaban J connectivity index is 2.49. The maximum absolute atomic E-state index is 11.9. The van der Waals surface area contributed by atoms with E-state index in [0.717, 1.165) is 11.8 Å². The summed E-state index contributed by atoms with van der Waals surface area (Å²) in [5.74, 6) is -2.30. The first kappa shape index (κ1) is 19.6. The lowest BCUT2D eigenvalue weighted by atomic mass is 10.2. The molecule has 0 radical (unpaired) electrons. The van der Waals surface area contributed by atoms with Crippen molar-refractivity contribution in [3.8, 4) is 6.07 Å². The van der Waals surface area contributed by atoms with Crippen LogP contribution in [0.2, 0.25) is 0 Å². The van der Waals surface area contributed by atoms with Crippen molar-refractivity contribution in [3.63, 3.8) is 0 Å². The second kappa shape index (κ2) is 8.39. The zero-order valence-electron chi connectivity index (χ0n) is 12.3. The van der Waals surface area contributed by atoms with Crippen molar-refractivity contribution in [2.45, 2.75) is 18.1 Å². The molecule has 0 unspecified atom stereocenters. The average molecular weight is 363 g/mol. The minimum absolute atomic E-state index is 0.168. The van der Waals surface area contributed by atoms with E-state index >= 15 is 0 Å². The van der Waals surface area contributed by atoms with Crippen LogP contribution in [0.25, 0.3) is 0 Å². The van der Waals surface area contributed by atoms with Crippen molar-refractivity contribution in [1.82, 2.24) is 10.3 Å². The number of H-pyrrole nitrogens is 1. The fourth-order valence-electron chi connectivity index (χ4n) is 1.47. The van der Waals surface area contributed by atoms with Crippen LogP contribution in [0.15, 0.2) is 15.9 Å². The number of thioether (sulfide) groups is 1. The van der Waals surface area contributed by atoms with E-state index in [1.165, 1.54) is 6.07 Å². The van der Waals surface area contributed by atoms with Crippen LogP contribution >= 0.6 is 11.8 Å². The number of aromatic nitrogens is 1.